The summed E-state index contributed by atoms with van der Waals surface area (Å²) in [6, 6.07) is 13.1. The predicted molar refractivity (Wildman–Crippen MR) is 82.8 cm³/mol. The standard InChI is InChI=1S/C15H15BrN2O/c1-10-9-11(7-8-13(10)17-2)15(19)18-14-6-4-3-5-12(14)16/h3-9,17H,1-2H3,(H,18,19). The lowest BCUT2D eigenvalue weighted by atomic mass is 10.1. The summed E-state index contributed by atoms with van der Waals surface area (Å²) in [5.74, 6) is -0.113. The molecule has 2 aromatic carbocycles. The van der Waals surface area contributed by atoms with Crippen molar-refractivity contribution in [2.24, 2.45) is 0 Å². The van der Waals surface area contributed by atoms with Crippen LogP contribution in [0.2, 0.25) is 0 Å². The number of aryl methyl sites for hydroxylation is 1. The maximum Gasteiger partial charge on any atom is 0.255 e. The number of carbonyl (C=O) groups is 1. The Kier molecular flexibility index (Phi) is 4.22. The van der Waals surface area contributed by atoms with E-state index in [0.717, 1.165) is 21.4 Å². The van der Waals surface area contributed by atoms with Crippen LogP contribution in [0.1, 0.15) is 15.9 Å². The molecule has 0 saturated heterocycles. The number of hydrogen-bond donors (Lipinski definition) is 2. The number of benzene rings is 2. The molecule has 0 aliphatic rings. The van der Waals surface area contributed by atoms with Crippen LogP contribution < -0.4 is 10.6 Å². The third kappa shape index (κ3) is 3.15. The Balaban J connectivity index is 2.21. The van der Waals surface area contributed by atoms with Gasteiger partial charge in [-0.2, -0.15) is 0 Å². The van der Waals surface area contributed by atoms with Crippen LogP contribution in [-0.4, -0.2) is 13.0 Å². The second-order valence-electron chi connectivity index (χ2n) is 4.21. The van der Waals surface area contributed by atoms with Crippen molar-refractivity contribution in [3.63, 3.8) is 0 Å². The average Bonchev–Trinajstić information content (AvgIpc) is 2.41. The normalized spacial score (nSPS) is 10.1. The smallest absolute Gasteiger partial charge is 0.255 e. The van der Waals surface area contributed by atoms with Gasteiger partial charge in [-0.15, -0.1) is 0 Å². The van der Waals surface area contributed by atoms with E-state index in [1.165, 1.54) is 0 Å². The van der Waals surface area contributed by atoms with Gasteiger partial charge >= 0.3 is 0 Å². The van der Waals surface area contributed by atoms with E-state index in [1.807, 2.05) is 56.4 Å². The lowest BCUT2D eigenvalue weighted by Gasteiger charge is -2.10. The molecule has 0 aromatic heterocycles. The van der Waals surface area contributed by atoms with Crippen molar-refractivity contribution >= 4 is 33.2 Å². The number of amides is 1. The minimum absolute atomic E-state index is 0.113. The number of para-hydroxylation sites is 1. The highest BCUT2D eigenvalue weighted by atomic mass is 79.9. The topological polar surface area (TPSA) is 41.1 Å². The Hall–Kier alpha value is -1.81. The monoisotopic (exact) mass is 318 g/mol. The van der Waals surface area contributed by atoms with Gasteiger partial charge in [-0.05, 0) is 58.7 Å². The van der Waals surface area contributed by atoms with E-state index in [1.54, 1.807) is 0 Å². The quantitative estimate of drug-likeness (QED) is 0.896. The predicted octanol–water partition coefficient (Wildman–Crippen LogP) is 4.05. The van der Waals surface area contributed by atoms with Crippen molar-refractivity contribution in [3.8, 4) is 0 Å². The minimum atomic E-state index is -0.113. The Bertz CT molecular complexity index is 611. The highest BCUT2D eigenvalue weighted by Crippen LogP contribution is 2.22. The number of carbonyl (C=O) groups excluding carboxylic acids is 1. The lowest BCUT2D eigenvalue weighted by molar-refractivity contribution is 0.102. The molecule has 2 N–H and O–H groups in total. The summed E-state index contributed by atoms with van der Waals surface area (Å²) in [5, 5.41) is 5.97. The maximum absolute atomic E-state index is 12.2. The van der Waals surface area contributed by atoms with Crippen LogP contribution in [0.25, 0.3) is 0 Å². The van der Waals surface area contributed by atoms with E-state index < -0.39 is 0 Å². The molecule has 0 bridgehead atoms. The van der Waals surface area contributed by atoms with Crippen molar-refractivity contribution < 1.29 is 4.79 Å². The third-order valence-electron chi connectivity index (χ3n) is 2.88. The highest BCUT2D eigenvalue weighted by Gasteiger charge is 2.09. The van der Waals surface area contributed by atoms with Gasteiger partial charge in [0.15, 0.2) is 0 Å². The lowest BCUT2D eigenvalue weighted by Crippen LogP contribution is -2.12. The van der Waals surface area contributed by atoms with E-state index in [2.05, 4.69) is 26.6 Å². The fraction of sp³-hybridized carbons (Fsp3) is 0.133. The van der Waals surface area contributed by atoms with E-state index in [9.17, 15) is 4.79 Å². The van der Waals surface area contributed by atoms with Gasteiger partial charge in [0.25, 0.3) is 5.91 Å². The van der Waals surface area contributed by atoms with Gasteiger partial charge in [-0.3, -0.25) is 4.79 Å². The third-order valence-corrected chi connectivity index (χ3v) is 3.57. The molecule has 0 spiro atoms. The van der Waals surface area contributed by atoms with Gasteiger partial charge in [0.2, 0.25) is 0 Å². The zero-order valence-corrected chi connectivity index (χ0v) is 12.4. The number of halogens is 1. The molecule has 19 heavy (non-hydrogen) atoms. The summed E-state index contributed by atoms with van der Waals surface area (Å²) >= 11 is 3.41. The number of rotatable bonds is 3. The fourth-order valence-corrected chi connectivity index (χ4v) is 2.23. The SMILES string of the molecule is CNc1ccc(C(=O)Nc2ccccc2Br)cc1C. The first kappa shape index (κ1) is 13.6. The zero-order valence-electron chi connectivity index (χ0n) is 10.8. The van der Waals surface area contributed by atoms with E-state index >= 15 is 0 Å². The summed E-state index contributed by atoms with van der Waals surface area (Å²) in [4.78, 5) is 12.2. The van der Waals surface area contributed by atoms with Gasteiger partial charge in [0.1, 0.15) is 0 Å². The number of hydrogen-bond acceptors (Lipinski definition) is 2. The van der Waals surface area contributed by atoms with Crippen LogP contribution in [0.15, 0.2) is 46.9 Å². The van der Waals surface area contributed by atoms with Crippen molar-refractivity contribution in [3.05, 3.63) is 58.1 Å². The maximum atomic E-state index is 12.2. The Morgan fingerprint density at radius 2 is 1.84 bits per heavy atom. The molecule has 4 heteroatoms. The van der Waals surface area contributed by atoms with E-state index in [-0.39, 0.29) is 5.91 Å². The van der Waals surface area contributed by atoms with Crippen LogP contribution in [0.5, 0.6) is 0 Å². The first-order chi connectivity index (χ1) is 9.11. The molecule has 0 aliphatic heterocycles. The summed E-state index contributed by atoms with van der Waals surface area (Å²) in [5.41, 5.74) is 3.48. The summed E-state index contributed by atoms with van der Waals surface area (Å²) in [6.07, 6.45) is 0. The highest BCUT2D eigenvalue weighted by molar-refractivity contribution is 9.10. The second-order valence-corrected chi connectivity index (χ2v) is 5.07. The summed E-state index contributed by atoms with van der Waals surface area (Å²) < 4.78 is 0.868. The summed E-state index contributed by atoms with van der Waals surface area (Å²) in [6.45, 7) is 1.97. The first-order valence-electron chi connectivity index (χ1n) is 5.96. The molecular formula is C15H15BrN2O. The molecule has 98 valence electrons. The molecule has 1 amide bonds. The molecule has 0 radical (unpaired) electrons. The molecule has 0 unspecified atom stereocenters. The van der Waals surface area contributed by atoms with Crippen LogP contribution >= 0.6 is 15.9 Å². The molecule has 0 heterocycles. The molecule has 0 saturated carbocycles. The van der Waals surface area contributed by atoms with Crippen molar-refractivity contribution in [2.75, 3.05) is 17.7 Å². The van der Waals surface area contributed by atoms with Crippen molar-refractivity contribution in [1.82, 2.24) is 0 Å². The van der Waals surface area contributed by atoms with Gasteiger partial charge in [-0.1, -0.05) is 12.1 Å². The molecule has 3 nitrogen and oxygen atoms in total. The zero-order chi connectivity index (χ0) is 13.8. The Morgan fingerprint density at radius 1 is 1.11 bits per heavy atom. The van der Waals surface area contributed by atoms with Gasteiger partial charge < -0.3 is 10.6 Å². The molecule has 2 rings (SSSR count). The molecule has 0 atom stereocenters. The van der Waals surface area contributed by atoms with Crippen LogP contribution in [0, 0.1) is 6.92 Å². The van der Waals surface area contributed by atoms with E-state index in [0.29, 0.717) is 5.56 Å². The van der Waals surface area contributed by atoms with Crippen molar-refractivity contribution in [1.29, 1.82) is 0 Å². The van der Waals surface area contributed by atoms with Gasteiger partial charge in [-0.25, -0.2) is 0 Å². The minimum Gasteiger partial charge on any atom is -0.388 e. The molecule has 2 aromatic rings. The van der Waals surface area contributed by atoms with Gasteiger partial charge in [0, 0.05) is 22.8 Å². The molecule has 0 fully saturated rings. The average molecular weight is 319 g/mol. The Labute approximate surface area is 121 Å². The fourth-order valence-electron chi connectivity index (χ4n) is 1.84. The summed E-state index contributed by atoms with van der Waals surface area (Å²) in [7, 11) is 1.86. The second kappa shape index (κ2) is 5.89. The molecular weight excluding hydrogens is 304 g/mol. The van der Waals surface area contributed by atoms with E-state index in [4.69, 9.17) is 0 Å². The van der Waals surface area contributed by atoms with Crippen molar-refractivity contribution in [2.45, 2.75) is 6.92 Å². The molecule has 0 aliphatic carbocycles. The largest absolute Gasteiger partial charge is 0.388 e. The van der Waals surface area contributed by atoms with Crippen LogP contribution in [-0.2, 0) is 0 Å². The number of anilines is 2. The van der Waals surface area contributed by atoms with Crippen LogP contribution in [0.4, 0.5) is 11.4 Å². The Morgan fingerprint density at radius 3 is 2.47 bits per heavy atom. The first-order valence-corrected chi connectivity index (χ1v) is 6.75. The van der Waals surface area contributed by atoms with Crippen LogP contribution in [0.3, 0.4) is 0 Å². The number of nitrogens with one attached hydrogen (secondary N) is 2. The van der Waals surface area contributed by atoms with Gasteiger partial charge in [0.05, 0.1) is 5.69 Å².